The van der Waals surface area contributed by atoms with Crippen LogP contribution < -0.4 is 5.73 Å². The zero-order valence-corrected chi connectivity index (χ0v) is 16.0. The van der Waals surface area contributed by atoms with E-state index in [0.29, 0.717) is 11.6 Å². The molecule has 5 heteroatoms. The van der Waals surface area contributed by atoms with Gasteiger partial charge in [-0.1, -0.05) is 30.3 Å². The van der Waals surface area contributed by atoms with Gasteiger partial charge in [0.25, 0.3) is 0 Å². The first-order valence-electron chi connectivity index (χ1n) is 9.88. The largest absolute Gasteiger partial charge is 0.383 e. The van der Waals surface area contributed by atoms with Gasteiger partial charge in [-0.3, -0.25) is 4.98 Å². The van der Waals surface area contributed by atoms with Crippen LogP contribution in [0.2, 0.25) is 0 Å². The number of nitrogen functional groups attached to an aromatic ring is 1. The van der Waals surface area contributed by atoms with E-state index in [9.17, 15) is 0 Å². The summed E-state index contributed by atoms with van der Waals surface area (Å²) in [4.78, 5) is 13.8. The quantitative estimate of drug-likeness (QED) is 0.574. The van der Waals surface area contributed by atoms with Gasteiger partial charge in [0, 0.05) is 23.7 Å². The van der Waals surface area contributed by atoms with Crippen LogP contribution >= 0.6 is 0 Å². The van der Waals surface area contributed by atoms with Gasteiger partial charge < -0.3 is 10.3 Å². The summed E-state index contributed by atoms with van der Waals surface area (Å²) in [7, 11) is 0. The summed E-state index contributed by atoms with van der Waals surface area (Å²) in [5.41, 5.74) is 12.3. The zero-order chi connectivity index (χ0) is 19.1. The van der Waals surface area contributed by atoms with Crippen molar-refractivity contribution in [3.8, 4) is 11.4 Å². The highest BCUT2D eigenvalue weighted by molar-refractivity contribution is 5.93. The molecule has 0 bridgehead atoms. The summed E-state index contributed by atoms with van der Waals surface area (Å²) >= 11 is 0. The minimum absolute atomic E-state index is 0.185. The highest BCUT2D eigenvalue weighted by Gasteiger charge is 2.26. The highest BCUT2D eigenvalue weighted by atomic mass is 15.1. The Bertz CT molecular complexity index is 1130. The van der Waals surface area contributed by atoms with Crippen LogP contribution in [0.1, 0.15) is 42.6 Å². The number of pyridine rings is 1. The molecule has 0 saturated heterocycles. The van der Waals surface area contributed by atoms with Crippen molar-refractivity contribution < 1.29 is 0 Å². The topological polar surface area (TPSA) is 69.6 Å². The maximum absolute atomic E-state index is 6.49. The summed E-state index contributed by atoms with van der Waals surface area (Å²) in [6.45, 7) is 2.24. The lowest BCUT2D eigenvalue weighted by molar-refractivity contribution is 0.581. The fourth-order valence-corrected chi connectivity index (χ4v) is 4.41. The molecule has 0 unspecified atom stereocenters. The van der Waals surface area contributed by atoms with Crippen molar-refractivity contribution in [1.82, 2.24) is 19.5 Å². The second-order valence-corrected chi connectivity index (χ2v) is 7.46. The molecular weight excluding hydrogens is 346 g/mol. The van der Waals surface area contributed by atoms with Crippen LogP contribution in [0.5, 0.6) is 0 Å². The fourth-order valence-electron chi connectivity index (χ4n) is 4.41. The SMILES string of the molecule is C[C@@H](c1ccccc1)n1c2c(c3c(N)nc(-c4ccncc4)nc31)CCCC2. The van der Waals surface area contributed by atoms with E-state index in [4.69, 9.17) is 10.7 Å². The van der Waals surface area contributed by atoms with Gasteiger partial charge in [0.05, 0.1) is 11.4 Å². The Morgan fingerprint density at radius 3 is 2.50 bits per heavy atom. The number of aromatic nitrogens is 4. The first-order valence-corrected chi connectivity index (χ1v) is 9.88. The lowest BCUT2D eigenvalue weighted by Crippen LogP contribution is -2.13. The molecule has 5 nitrogen and oxygen atoms in total. The summed E-state index contributed by atoms with van der Waals surface area (Å²) in [6, 6.07) is 14.6. The predicted molar refractivity (Wildman–Crippen MR) is 112 cm³/mol. The first kappa shape index (κ1) is 16.9. The summed E-state index contributed by atoms with van der Waals surface area (Å²) in [5.74, 6) is 1.23. The molecule has 140 valence electrons. The molecule has 0 radical (unpaired) electrons. The van der Waals surface area contributed by atoms with E-state index in [-0.39, 0.29) is 6.04 Å². The van der Waals surface area contributed by atoms with E-state index in [1.807, 2.05) is 12.1 Å². The van der Waals surface area contributed by atoms with Crippen LogP contribution in [0.25, 0.3) is 22.4 Å². The molecule has 2 N–H and O–H groups in total. The van der Waals surface area contributed by atoms with E-state index in [2.05, 4.69) is 51.8 Å². The number of fused-ring (bicyclic) bond motifs is 3. The molecule has 0 spiro atoms. The number of benzene rings is 1. The van der Waals surface area contributed by atoms with E-state index < -0.39 is 0 Å². The number of nitrogens with two attached hydrogens (primary N) is 1. The van der Waals surface area contributed by atoms with Crippen molar-refractivity contribution in [1.29, 1.82) is 0 Å². The zero-order valence-electron chi connectivity index (χ0n) is 16.0. The molecule has 0 saturated carbocycles. The Morgan fingerprint density at radius 2 is 1.71 bits per heavy atom. The van der Waals surface area contributed by atoms with Crippen LogP contribution in [0.3, 0.4) is 0 Å². The average Bonchev–Trinajstić information content (AvgIpc) is 3.09. The van der Waals surface area contributed by atoms with Gasteiger partial charge >= 0.3 is 0 Å². The number of rotatable bonds is 3. The second-order valence-electron chi connectivity index (χ2n) is 7.46. The van der Waals surface area contributed by atoms with Crippen molar-refractivity contribution in [2.24, 2.45) is 0 Å². The molecule has 1 aromatic carbocycles. The first-order chi connectivity index (χ1) is 13.7. The van der Waals surface area contributed by atoms with Gasteiger partial charge in [-0.2, -0.15) is 0 Å². The Kier molecular flexibility index (Phi) is 4.08. The van der Waals surface area contributed by atoms with Gasteiger partial charge in [0.2, 0.25) is 0 Å². The van der Waals surface area contributed by atoms with Gasteiger partial charge in [0.1, 0.15) is 11.5 Å². The molecule has 1 atom stereocenters. The van der Waals surface area contributed by atoms with Crippen LogP contribution in [-0.2, 0) is 12.8 Å². The highest BCUT2D eigenvalue weighted by Crippen LogP contribution is 2.38. The third-order valence-electron chi connectivity index (χ3n) is 5.79. The Balaban J connectivity index is 1.79. The molecular formula is C23H23N5. The van der Waals surface area contributed by atoms with Crippen LogP contribution in [0, 0.1) is 0 Å². The van der Waals surface area contributed by atoms with Crippen molar-refractivity contribution in [2.75, 3.05) is 5.73 Å². The van der Waals surface area contributed by atoms with E-state index in [1.165, 1.54) is 29.7 Å². The Hall–Kier alpha value is -3.21. The van der Waals surface area contributed by atoms with Crippen LogP contribution in [-0.4, -0.2) is 19.5 Å². The monoisotopic (exact) mass is 369 g/mol. The molecule has 5 rings (SSSR count). The molecule has 3 aromatic heterocycles. The van der Waals surface area contributed by atoms with Crippen molar-refractivity contribution in [3.05, 3.63) is 71.7 Å². The van der Waals surface area contributed by atoms with Crippen molar-refractivity contribution in [3.63, 3.8) is 0 Å². The summed E-state index contributed by atoms with van der Waals surface area (Å²) < 4.78 is 2.39. The second kappa shape index (κ2) is 6.75. The lowest BCUT2D eigenvalue weighted by atomic mass is 9.95. The molecule has 1 aliphatic rings. The maximum Gasteiger partial charge on any atom is 0.164 e. The molecule has 3 heterocycles. The van der Waals surface area contributed by atoms with Gasteiger partial charge in [0.15, 0.2) is 5.82 Å². The fraction of sp³-hybridized carbons (Fsp3) is 0.261. The number of hydrogen-bond acceptors (Lipinski definition) is 4. The molecule has 4 aromatic rings. The Morgan fingerprint density at radius 1 is 0.964 bits per heavy atom. The minimum Gasteiger partial charge on any atom is -0.383 e. The Labute approximate surface area is 164 Å². The smallest absolute Gasteiger partial charge is 0.164 e. The summed E-state index contributed by atoms with van der Waals surface area (Å²) in [6.07, 6.45) is 8.02. The molecule has 0 fully saturated rings. The van der Waals surface area contributed by atoms with Crippen LogP contribution in [0.15, 0.2) is 54.9 Å². The predicted octanol–water partition coefficient (Wildman–Crippen LogP) is 4.56. The molecule has 0 amide bonds. The normalized spacial score (nSPS) is 14.8. The number of hydrogen-bond donors (Lipinski definition) is 1. The number of aryl methyl sites for hydroxylation is 1. The van der Waals surface area contributed by atoms with Gasteiger partial charge in [-0.25, -0.2) is 9.97 Å². The third-order valence-corrected chi connectivity index (χ3v) is 5.79. The number of anilines is 1. The van der Waals surface area contributed by atoms with E-state index >= 15 is 0 Å². The average molecular weight is 369 g/mol. The standard InChI is InChI=1S/C23H23N5/c1-15(16-7-3-2-4-8-16)28-19-10-6-5-9-18(19)20-21(24)26-22(27-23(20)28)17-11-13-25-14-12-17/h2-4,7-8,11-15H,5-6,9-10H2,1H3,(H2,24,26,27)/t15-/m0/s1. The van der Waals surface area contributed by atoms with Crippen molar-refractivity contribution in [2.45, 2.75) is 38.6 Å². The lowest BCUT2D eigenvalue weighted by Gasteiger charge is -2.21. The van der Waals surface area contributed by atoms with Gasteiger partial charge in [-0.05, 0) is 55.9 Å². The van der Waals surface area contributed by atoms with E-state index in [1.54, 1.807) is 12.4 Å². The summed E-state index contributed by atoms with van der Waals surface area (Å²) in [5, 5.41) is 1.04. The molecule has 1 aliphatic carbocycles. The van der Waals surface area contributed by atoms with Crippen LogP contribution in [0.4, 0.5) is 5.82 Å². The maximum atomic E-state index is 6.49. The van der Waals surface area contributed by atoms with Crippen molar-refractivity contribution >= 4 is 16.9 Å². The third kappa shape index (κ3) is 2.66. The molecule has 0 aliphatic heterocycles. The molecule has 28 heavy (non-hydrogen) atoms. The minimum atomic E-state index is 0.185. The number of nitrogens with zero attached hydrogens (tertiary/aromatic N) is 4. The van der Waals surface area contributed by atoms with E-state index in [0.717, 1.165) is 29.4 Å². The van der Waals surface area contributed by atoms with Gasteiger partial charge in [-0.15, -0.1) is 0 Å².